The SMILES string of the molecule is C=CC[C@@]1(OCc2ccccc2)[C@@H](C(=O)[C@H]2C[C@H]3C=C[C@@H]2C3)O[C@@H]2OC(C)(C)O[C@@H]21. The van der Waals surface area contributed by atoms with Crippen molar-refractivity contribution in [2.24, 2.45) is 17.8 Å². The Bertz CT molecular complexity index is 846. The van der Waals surface area contributed by atoms with E-state index in [9.17, 15) is 4.79 Å². The van der Waals surface area contributed by atoms with Crippen LogP contribution in [0.15, 0.2) is 55.1 Å². The molecule has 1 saturated carbocycles. The van der Waals surface area contributed by atoms with E-state index in [-0.39, 0.29) is 11.7 Å². The summed E-state index contributed by atoms with van der Waals surface area (Å²) in [7, 11) is 0. The third-order valence-corrected chi connectivity index (χ3v) is 6.97. The summed E-state index contributed by atoms with van der Waals surface area (Å²) >= 11 is 0. The molecular formula is C25H30O5. The first kappa shape index (κ1) is 20.1. The fourth-order valence-electron chi connectivity index (χ4n) is 5.63. The van der Waals surface area contributed by atoms with Gasteiger partial charge in [-0.05, 0) is 50.5 Å². The van der Waals surface area contributed by atoms with E-state index in [1.807, 2.05) is 44.2 Å². The molecule has 7 atom stereocenters. The Morgan fingerprint density at radius 2 is 2.00 bits per heavy atom. The van der Waals surface area contributed by atoms with Crippen LogP contribution in [0.1, 0.15) is 38.7 Å². The second-order valence-electron chi connectivity index (χ2n) is 9.45. The minimum absolute atomic E-state index is 0.0265. The molecule has 2 bridgehead atoms. The lowest BCUT2D eigenvalue weighted by Crippen LogP contribution is -2.55. The Balaban J connectivity index is 1.47. The molecule has 5 nitrogen and oxygen atoms in total. The monoisotopic (exact) mass is 410 g/mol. The highest BCUT2D eigenvalue weighted by molar-refractivity contribution is 5.88. The first-order chi connectivity index (χ1) is 14.4. The van der Waals surface area contributed by atoms with Crippen molar-refractivity contribution in [3.63, 3.8) is 0 Å². The summed E-state index contributed by atoms with van der Waals surface area (Å²) in [5.74, 6) is 0.110. The quantitative estimate of drug-likeness (QED) is 0.632. The maximum atomic E-state index is 13.7. The summed E-state index contributed by atoms with van der Waals surface area (Å²) in [5.41, 5.74) is 0.0789. The third-order valence-electron chi connectivity index (χ3n) is 6.97. The van der Waals surface area contributed by atoms with Gasteiger partial charge in [0.2, 0.25) is 0 Å². The van der Waals surface area contributed by atoms with Crippen LogP contribution in [0.25, 0.3) is 0 Å². The third kappa shape index (κ3) is 3.28. The average molecular weight is 411 g/mol. The number of rotatable bonds is 7. The number of carbonyl (C=O) groups is 1. The van der Waals surface area contributed by atoms with E-state index >= 15 is 0 Å². The molecule has 0 unspecified atom stereocenters. The van der Waals surface area contributed by atoms with Gasteiger partial charge >= 0.3 is 0 Å². The normalized spacial score (nSPS) is 40.6. The highest BCUT2D eigenvalue weighted by atomic mass is 16.8. The highest BCUT2D eigenvalue weighted by Gasteiger charge is 2.67. The summed E-state index contributed by atoms with van der Waals surface area (Å²) in [6.45, 7) is 8.04. The number of allylic oxidation sites excluding steroid dienone is 2. The van der Waals surface area contributed by atoms with Gasteiger partial charge in [-0.3, -0.25) is 4.79 Å². The molecule has 30 heavy (non-hydrogen) atoms. The minimum Gasteiger partial charge on any atom is -0.364 e. The average Bonchev–Trinajstić information content (AvgIpc) is 3.48. The van der Waals surface area contributed by atoms with Crippen LogP contribution in [0.3, 0.4) is 0 Å². The summed E-state index contributed by atoms with van der Waals surface area (Å²) < 4.78 is 25.1. The van der Waals surface area contributed by atoms with Gasteiger partial charge in [-0.1, -0.05) is 48.6 Å². The Hall–Kier alpha value is -1.79. The van der Waals surface area contributed by atoms with Crippen molar-refractivity contribution in [2.75, 3.05) is 0 Å². The van der Waals surface area contributed by atoms with Crippen LogP contribution in [-0.4, -0.2) is 35.7 Å². The lowest BCUT2D eigenvalue weighted by molar-refractivity contribution is -0.237. The lowest BCUT2D eigenvalue weighted by Gasteiger charge is -2.38. The van der Waals surface area contributed by atoms with Crippen molar-refractivity contribution in [1.29, 1.82) is 0 Å². The van der Waals surface area contributed by atoms with Gasteiger partial charge in [0, 0.05) is 5.92 Å². The van der Waals surface area contributed by atoms with E-state index in [1.165, 1.54) is 0 Å². The van der Waals surface area contributed by atoms with Crippen molar-refractivity contribution in [3.8, 4) is 0 Å². The topological polar surface area (TPSA) is 54.0 Å². The molecule has 160 valence electrons. The molecule has 2 saturated heterocycles. The largest absolute Gasteiger partial charge is 0.364 e. The number of fused-ring (bicyclic) bond motifs is 3. The molecule has 0 spiro atoms. The molecule has 2 aliphatic carbocycles. The molecule has 0 N–H and O–H groups in total. The zero-order valence-corrected chi connectivity index (χ0v) is 17.7. The highest BCUT2D eigenvalue weighted by Crippen LogP contribution is 2.51. The molecule has 5 heteroatoms. The van der Waals surface area contributed by atoms with E-state index in [2.05, 4.69) is 18.7 Å². The van der Waals surface area contributed by atoms with Crippen LogP contribution in [0.5, 0.6) is 0 Å². The van der Waals surface area contributed by atoms with Crippen LogP contribution in [0.2, 0.25) is 0 Å². The smallest absolute Gasteiger partial charge is 0.191 e. The number of ether oxygens (including phenoxy) is 4. The molecule has 3 fully saturated rings. The van der Waals surface area contributed by atoms with Crippen molar-refractivity contribution in [1.82, 2.24) is 0 Å². The molecule has 1 aromatic carbocycles. The van der Waals surface area contributed by atoms with Crippen LogP contribution >= 0.6 is 0 Å². The Morgan fingerprint density at radius 3 is 2.67 bits per heavy atom. The zero-order chi connectivity index (χ0) is 20.9. The van der Waals surface area contributed by atoms with Gasteiger partial charge in [-0.15, -0.1) is 6.58 Å². The maximum Gasteiger partial charge on any atom is 0.191 e. The second-order valence-corrected chi connectivity index (χ2v) is 9.45. The van der Waals surface area contributed by atoms with Crippen LogP contribution in [0.4, 0.5) is 0 Å². The van der Waals surface area contributed by atoms with Crippen molar-refractivity contribution in [2.45, 2.75) is 69.6 Å². The number of Topliss-reactive ketones (excluding diaryl/α,β-unsaturated/α-hetero) is 1. The number of hydrogen-bond acceptors (Lipinski definition) is 5. The van der Waals surface area contributed by atoms with Gasteiger partial charge in [-0.2, -0.15) is 0 Å². The number of hydrogen-bond donors (Lipinski definition) is 0. The van der Waals surface area contributed by atoms with Crippen LogP contribution < -0.4 is 0 Å². The number of carbonyl (C=O) groups excluding carboxylic acids is 1. The second kappa shape index (κ2) is 7.41. The summed E-state index contributed by atoms with van der Waals surface area (Å²) in [4.78, 5) is 13.7. The van der Waals surface area contributed by atoms with Crippen LogP contribution in [0, 0.1) is 17.8 Å². The van der Waals surface area contributed by atoms with E-state index in [0.717, 1.165) is 18.4 Å². The molecule has 5 rings (SSSR count). The standard InChI is InChI=1S/C25H30O5/c1-4-12-25(27-15-16-8-6-5-7-9-16)21(28-23-22(25)29-24(2,3)30-23)20(26)19-14-17-10-11-18(19)13-17/h4-11,17-19,21-23H,1,12-15H2,2-3H3/t17-,18+,19-,21+,22-,23+,25+/m0/s1. The van der Waals surface area contributed by atoms with E-state index in [1.54, 1.807) is 6.08 Å². The first-order valence-electron chi connectivity index (χ1n) is 10.9. The predicted octanol–water partition coefficient (Wildman–Crippen LogP) is 4.18. The Kier molecular flexibility index (Phi) is 4.98. The molecule has 1 aromatic rings. The first-order valence-corrected chi connectivity index (χ1v) is 10.9. The van der Waals surface area contributed by atoms with Crippen molar-refractivity contribution >= 4 is 5.78 Å². The summed E-state index contributed by atoms with van der Waals surface area (Å²) in [6.07, 6.45) is 6.80. The van der Waals surface area contributed by atoms with E-state index in [0.29, 0.717) is 24.9 Å². The van der Waals surface area contributed by atoms with Crippen LogP contribution in [-0.2, 0) is 30.3 Å². The zero-order valence-electron chi connectivity index (χ0n) is 17.7. The molecular weight excluding hydrogens is 380 g/mol. The molecule has 0 amide bonds. The molecule has 2 heterocycles. The van der Waals surface area contributed by atoms with E-state index in [4.69, 9.17) is 18.9 Å². The van der Waals surface area contributed by atoms with Gasteiger partial charge in [0.15, 0.2) is 24.0 Å². The predicted molar refractivity (Wildman–Crippen MR) is 111 cm³/mol. The number of benzene rings is 1. The van der Waals surface area contributed by atoms with Crippen molar-refractivity contribution < 1.29 is 23.7 Å². The lowest BCUT2D eigenvalue weighted by atomic mass is 9.79. The van der Waals surface area contributed by atoms with Gasteiger partial charge in [0.1, 0.15) is 11.7 Å². The Morgan fingerprint density at radius 1 is 1.20 bits per heavy atom. The summed E-state index contributed by atoms with van der Waals surface area (Å²) in [6, 6.07) is 9.97. The van der Waals surface area contributed by atoms with Crippen molar-refractivity contribution in [3.05, 3.63) is 60.7 Å². The fourth-order valence-corrected chi connectivity index (χ4v) is 5.63. The molecule has 2 aliphatic heterocycles. The van der Waals surface area contributed by atoms with E-state index < -0.39 is 29.9 Å². The number of ketones is 1. The van der Waals surface area contributed by atoms with Gasteiger partial charge < -0.3 is 18.9 Å². The van der Waals surface area contributed by atoms with Gasteiger partial charge in [0.25, 0.3) is 0 Å². The molecule has 0 aromatic heterocycles. The summed E-state index contributed by atoms with van der Waals surface area (Å²) in [5, 5.41) is 0. The Labute approximate surface area is 178 Å². The van der Waals surface area contributed by atoms with Gasteiger partial charge in [-0.25, -0.2) is 0 Å². The molecule has 0 radical (unpaired) electrons. The maximum absolute atomic E-state index is 13.7. The van der Waals surface area contributed by atoms with Gasteiger partial charge in [0.05, 0.1) is 6.61 Å². The molecule has 4 aliphatic rings. The fraction of sp³-hybridized carbons (Fsp3) is 0.560. The minimum atomic E-state index is -0.960.